The third-order valence-electron chi connectivity index (χ3n) is 5.29. The first-order valence-corrected chi connectivity index (χ1v) is 11.0. The van der Waals surface area contributed by atoms with Gasteiger partial charge in [-0.15, -0.1) is 0 Å². The fraction of sp³-hybridized carbons (Fsp3) is 0.320. The van der Waals surface area contributed by atoms with E-state index in [2.05, 4.69) is 5.32 Å². The van der Waals surface area contributed by atoms with Crippen LogP contribution in [0, 0.1) is 0 Å². The van der Waals surface area contributed by atoms with Gasteiger partial charge in [0.25, 0.3) is 0 Å². The number of aliphatic hydroxyl groups is 1. The lowest BCUT2D eigenvalue weighted by atomic mass is 10.2. The van der Waals surface area contributed by atoms with Crippen LogP contribution >= 0.6 is 0 Å². The Hall–Kier alpha value is -3.65. The van der Waals surface area contributed by atoms with Crippen LogP contribution in [0.1, 0.15) is 17.5 Å². The van der Waals surface area contributed by atoms with E-state index >= 15 is 0 Å². The van der Waals surface area contributed by atoms with Gasteiger partial charge in [-0.1, -0.05) is 60.7 Å². The van der Waals surface area contributed by atoms with Crippen molar-refractivity contribution in [3.8, 4) is 0 Å². The zero-order chi connectivity index (χ0) is 23.5. The van der Waals surface area contributed by atoms with E-state index in [1.54, 1.807) is 15.9 Å². The first kappa shape index (κ1) is 24.0. The average molecular weight is 452 g/mol. The van der Waals surface area contributed by atoms with Crippen molar-refractivity contribution in [3.05, 3.63) is 77.9 Å². The maximum atomic E-state index is 12.9. The first-order valence-electron chi connectivity index (χ1n) is 11.0. The van der Waals surface area contributed by atoms with Crippen molar-refractivity contribution in [2.24, 2.45) is 0 Å². The number of benzene rings is 2. The Bertz CT molecular complexity index is 949. The summed E-state index contributed by atoms with van der Waals surface area (Å²) in [6, 6.07) is 17.7. The van der Waals surface area contributed by atoms with E-state index in [4.69, 9.17) is 4.74 Å². The van der Waals surface area contributed by atoms with Gasteiger partial charge in [0.2, 0.25) is 11.8 Å². The summed E-state index contributed by atoms with van der Waals surface area (Å²) in [6.45, 7) is 1.18. The number of carbonyl (C=O) groups is 3. The van der Waals surface area contributed by atoms with E-state index in [9.17, 15) is 19.5 Å². The predicted molar refractivity (Wildman–Crippen MR) is 124 cm³/mol. The second-order valence-electron chi connectivity index (χ2n) is 7.69. The van der Waals surface area contributed by atoms with Crippen LogP contribution in [0.3, 0.4) is 0 Å². The zero-order valence-corrected chi connectivity index (χ0v) is 18.4. The highest BCUT2D eigenvalue weighted by atomic mass is 16.6. The molecule has 3 amide bonds. The molecule has 8 nitrogen and oxygen atoms in total. The Morgan fingerprint density at radius 3 is 2.27 bits per heavy atom. The lowest BCUT2D eigenvalue weighted by molar-refractivity contribution is -0.136. The van der Waals surface area contributed by atoms with Crippen molar-refractivity contribution in [3.63, 3.8) is 0 Å². The van der Waals surface area contributed by atoms with Gasteiger partial charge in [-0.3, -0.25) is 9.59 Å². The molecule has 8 heteroatoms. The van der Waals surface area contributed by atoms with Gasteiger partial charge in [0.1, 0.15) is 12.6 Å². The molecule has 0 radical (unpaired) electrons. The molecule has 0 bridgehead atoms. The fourth-order valence-electron chi connectivity index (χ4n) is 3.49. The van der Waals surface area contributed by atoms with Gasteiger partial charge in [0, 0.05) is 32.3 Å². The second kappa shape index (κ2) is 12.4. The third-order valence-corrected chi connectivity index (χ3v) is 5.29. The maximum absolute atomic E-state index is 12.9. The van der Waals surface area contributed by atoms with Gasteiger partial charge >= 0.3 is 6.09 Å². The standard InChI is InChI=1S/C25H29N3O5/c29-18-22(26-23(30)13-12-20-8-3-1-4-9-20)24(31)27-14-7-15-28(17-16-27)25(32)33-19-21-10-5-2-6-11-21/h1-6,8-13,22,29H,7,14-19H2,(H,26,30). The molecule has 1 aliphatic heterocycles. The maximum Gasteiger partial charge on any atom is 0.410 e. The summed E-state index contributed by atoms with van der Waals surface area (Å²) >= 11 is 0. The normalized spacial score (nSPS) is 15.1. The highest BCUT2D eigenvalue weighted by molar-refractivity contribution is 5.95. The third kappa shape index (κ3) is 7.47. The number of hydrogen-bond acceptors (Lipinski definition) is 5. The van der Waals surface area contributed by atoms with Crippen LogP contribution in [-0.2, 0) is 20.9 Å². The highest BCUT2D eigenvalue weighted by Gasteiger charge is 2.28. The molecule has 1 aliphatic rings. The molecule has 0 spiro atoms. The van der Waals surface area contributed by atoms with E-state index in [0.717, 1.165) is 11.1 Å². The smallest absolute Gasteiger partial charge is 0.410 e. The average Bonchev–Trinajstić information content (AvgIpc) is 3.12. The number of nitrogens with one attached hydrogen (secondary N) is 1. The van der Waals surface area contributed by atoms with Crippen LogP contribution in [-0.4, -0.2) is 71.6 Å². The molecule has 2 aromatic rings. The SMILES string of the molecule is O=C(C=Cc1ccccc1)NC(CO)C(=O)N1CCCN(C(=O)OCc2ccccc2)CC1. The number of nitrogens with zero attached hydrogens (tertiary/aromatic N) is 2. The molecule has 1 fully saturated rings. The highest BCUT2D eigenvalue weighted by Crippen LogP contribution is 2.09. The molecule has 1 heterocycles. The van der Waals surface area contributed by atoms with Crippen LogP contribution in [0.2, 0.25) is 0 Å². The summed E-state index contributed by atoms with van der Waals surface area (Å²) in [6.07, 6.45) is 3.12. The van der Waals surface area contributed by atoms with Crippen molar-refractivity contribution < 1.29 is 24.2 Å². The van der Waals surface area contributed by atoms with E-state index in [-0.39, 0.29) is 12.5 Å². The van der Waals surface area contributed by atoms with Crippen molar-refractivity contribution >= 4 is 24.0 Å². The number of carbonyl (C=O) groups excluding carboxylic acids is 3. The number of ether oxygens (including phenoxy) is 1. The van der Waals surface area contributed by atoms with Gasteiger partial charge in [-0.25, -0.2) is 4.79 Å². The summed E-state index contributed by atoms with van der Waals surface area (Å²) in [5.41, 5.74) is 1.76. The molecule has 2 N–H and O–H groups in total. The predicted octanol–water partition coefficient (Wildman–Crippen LogP) is 2.05. The molecule has 33 heavy (non-hydrogen) atoms. The fourth-order valence-corrected chi connectivity index (χ4v) is 3.49. The topological polar surface area (TPSA) is 99.2 Å². The molecule has 1 unspecified atom stereocenters. The van der Waals surface area contributed by atoms with Crippen molar-refractivity contribution in [2.45, 2.75) is 19.1 Å². The summed E-state index contributed by atoms with van der Waals surface area (Å²) < 4.78 is 5.38. The molecule has 0 saturated carbocycles. The van der Waals surface area contributed by atoms with Crippen LogP contribution in [0.5, 0.6) is 0 Å². The van der Waals surface area contributed by atoms with Gasteiger partial charge in [-0.05, 0) is 23.6 Å². The number of rotatable bonds is 7. The number of hydrogen-bond donors (Lipinski definition) is 2. The molecule has 174 valence electrons. The Morgan fingerprint density at radius 2 is 1.58 bits per heavy atom. The number of amides is 3. The second-order valence-corrected chi connectivity index (χ2v) is 7.69. The molecule has 1 atom stereocenters. The van der Waals surface area contributed by atoms with Crippen molar-refractivity contribution in [2.75, 3.05) is 32.8 Å². The van der Waals surface area contributed by atoms with Gasteiger partial charge in [0.05, 0.1) is 6.61 Å². The van der Waals surface area contributed by atoms with Crippen LogP contribution in [0.15, 0.2) is 66.7 Å². The summed E-state index contributed by atoms with van der Waals surface area (Å²) in [5.74, 6) is -0.842. The molecular formula is C25H29N3O5. The molecule has 0 aliphatic carbocycles. The van der Waals surface area contributed by atoms with Crippen molar-refractivity contribution in [1.82, 2.24) is 15.1 Å². The van der Waals surface area contributed by atoms with E-state index in [1.807, 2.05) is 60.7 Å². The van der Waals surface area contributed by atoms with Gasteiger partial charge < -0.3 is 25.0 Å². The van der Waals surface area contributed by atoms with Gasteiger partial charge in [0.15, 0.2) is 0 Å². The minimum atomic E-state index is -1.05. The van der Waals surface area contributed by atoms with E-state index in [0.29, 0.717) is 32.6 Å². The number of aliphatic hydroxyl groups excluding tert-OH is 1. The van der Waals surface area contributed by atoms with Crippen LogP contribution in [0.25, 0.3) is 6.08 Å². The van der Waals surface area contributed by atoms with Crippen LogP contribution in [0.4, 0.5) is 4.79 Å². The quantitative estimate of drug-likeness (QED) is 0.628. The molecule has 2 aromatic carbocycles. The Morgan fingerprint density at radius 1 is 0.939 bits per heavy atom. The van der Waals surface area contributed by atoms with Crippen LogP contribution < -0.4 is 5.32 Å². The van der Waals surface area contributed by atoms with E-state index in [1.165, 1.54) is 6.08 Å². The minimum absolute atomic E-state index is 0.188. The monoisotopic (exact) mass is 451 g/mol. The first-order chi connectivity index (χ1) is 16.1. The lowest BCUT2D eigenvalue weighted by Gasteiger charge is -2.25. The molecular weight excluding hydrogens is 422 g/mol. The Labute approximate surface area is 193 Å². The van der Waals surface area contributed by atoms with E-state index < -0.39 is 24.6 Å². The molecule has 3 rings (SSSR count). The van der Waals surface area contributed by atoms with Gasteiger partial charge in [-0.2, -0.15) is 0 Å². The van der Waals surface area contributed by atoms with Crippen molar-refractivity contribution in [1.29, 1.82) is 0 Å². The summed E-state index contributed by atoms with van der Waals surface area (Å²) in [5, 5.41) is 12.2. The molecule has 1 saturated heterocycles. The lowest BCUT2D eigenvalue weighted by Crippen LogP contribution is -2.51. The summed E-state index contributed by atoms with van der Waals surface area (Å²) in [7, 11) is 0. The Balaban J connectivity index is 1.49. The summed E-state index contributed by atoms with van der Waals surface area (Å²) in [4.78, 5) is 40.7. The minimum Gasteiger partial charge on any atom is -0.445 e. The molecule has 0 aromatic heterocycles. The zero-order valence-electron chi connectivity index (χ0n) is 18.4. The Kier molecular flexibility index (Phi) is 9.02. The largest absolute Gasteiger partial charge is 0.445 e.